The van der Waals surface area contributed by atoms with Gasteiger partial charge in [-0.1, -0.05) is 24.3 Å². The van der Waals surface area contributed by atoms with E-state index in [1.807, 2.05) is 18.2 Å². The molecule has 21 heavy (non-hydrogen) atoms. The maximum absolute atomic E-state index is 13.8. The molecule has 0 unspecified atom stereocenters. The first kappa shape index (κ1) is 14.0. The van der Waals surface area contributed by atoms with E-state index in [-0.39, 0.29) is 11.6 Å². The number of halogens is 2. The number of rotatable bonds is 3. The molecule has 0 bridgehead atoms. The predicted molar refractivity (Wildman–Crippen MR) is 79.4 cm³/mol. The van der Waals surface area contributed by atoms with Crippen LogP contribution in [0.25, 0.3) is 0 Å². The number of para-hydroxylation sites is 1. The molecule has 1 aliphatic rings. The SMILES string of the molecule is Fc1cccc(C[NH+]2CCN(c3ccccc3F)CC2)c1. The first-order chi connectivity index (χ1) is 10.2. The zero-order chi connectivity index (χ0) is 14.7. The Bertz CT molecular complexity index is 607. The highest BCUT2D eigenvalue weighted by molar-refractivity contribution is 5.47. The molecule has 0 amide bonds. The van der Waals surface area contributed by atoms with E-state index in [1.165, 1.54) is 17.0 Å². The number of nitrogens with zero attached hydrogens (tertiary/aromatic N) is 1. The second-order valence-corrected chi connectivity index (χ2v) is 5.50. The molecule has 1 saturated heterocycles. The van der Waals surface area contributed by atoms with Crippen molar-refractivity contribution in [1.82, 2.24) is 0 Å². The van der Waals surface area contributed by atoms with Gasteiger partial charge in [0, 0.05) is 5.56 Å². The fourth-order valence-corrected chi connectivity index (χ4v) is 2.88. The summed E-state index contributed by atoms with van der Waals surface area (Å²) in [6, 6.07) is 13.7. The number of hydrogen-bond donors (Lipinski definition) is 1. The molecule has 0 aromatic heterocycles. The van der Waals surface area contributed by atoms with Crippen molar-refractivity contribution in [2.45, 2.75) is 6.54 Å². The molecular weight excluding hydrogens is 270 g/mol. The lowest BCUT2D eigenvalue weighted by Gasteiger charge is -2.33. The Morgan fingerprint density at radius 3 is 2.43 bits per heavy atom. The molecule has 0 saturated carbocycles. The van der Waals surface area contributed by atoms with Crippen LogP contribution in [0.5, 0.6) is 0 Å². The summed E-state index contributed by atoms with van der Waals surface area (Å²) in [5.41, 5.74) is 1.70. The lowest BCUT2D eigenvalue weighted by atomic mass is 10.2. The molecule has 2 nitrogen and oxygen atoms in total. The van der Waals surface area contributed by atoms with Crippen molar-refractivity contribution in [3.63, 3.8) is 0 Å². The molecule has 0 radical (unpaired) electrons. The van der Waals surface area contributed by atoms with Gasteiger partial charge in [-0.3, -0.25) is 0 Å². The molecule has 0 aliphatic carbocycles. The number of quaternary nitrogens is 1. The van der Waals surface area contributed by atoms with Gasteiger partial charge >= 0.3 is 0 Å². The lowest BCUT2D eigenvalue weighted by Crippen LogP contribution is -3.13. The van der Waals surface area contributed by atoms with Gasteiger partial charge < -0.3 is 9.80 Å². The van der Waals surface area contributed by atoms with Crippen molar-refractivity contribution in [1.29, 1.82) is 0 Å². The normalized spacial score (nSPS) is 16.2. The summed E-state index contributed by atoms with van der Waals surface area (Å²) in [4.78, 5) is 3.50. The van der Waals surface area contributed by atoms with E-state index in [1.54, 1.807) is 18.2 Å². The lowest BCUT2D eigenvalue weighted by molar-refractivity contribution is -0.914. The van der Waals surface area contributed by atoms with Gasteiger partial charge in [0.1, 0.15) is 18.2 Å². The molecule has 1 fully saturated rings. The third kappa shape index (κ3) is 3.39. The maximum Gasteiger partial charge on any atom is 0.146 e. The summed E-state index contributed by atoms with van der Waals surface area (Å²) in [6.45, 7) is 4.34. The van der Waals surface area contributed by atoms with Crippen molar-refractivity contribution >= 4 is 5.69 Å². The maximum atomic E-state index is 13.8. The van der Waals surface area contributed by atoms with Gasteiger partial charge in [0.05, 0.1) is 31.9 Å². The number of anilines is 1. The second-order valence-electron chi connectivity index (χ2n) is 5.50. The average molecular weight is 289 g/mol. The molecule has 2 aromatic rings. The van der Waals surface area contributed by atoms with Gasteiger partial charge in [-0.15, -0.1) is 0 Å². The van der Waals surface area contributed by atoms with Crippen molar-refractivity contribution in [3.8, 4) is 0 Å². The molecule has 4 heteroatoms. The van der Waals surface area contributed by atoms with Crippen LogP contribution in [0.15, 0.2) is 48.5 Å². The van der Waals surface area contributed by atoms with E-state index >= 15 is 0 Å². The molecule has 1 aliphatic heterocycles. The Hall–Kier alpha value is -1.94. The molecule has 1 N–H and O–H groups in total. The Kier molecular flexibility index (Phi) is 4.15. The minimum Gasteiger partial charge on any atom is -0.358 e. The van der Waals surface area contributed by atoms with Gasteiger partial charge in [0.15, 0.2) is 0 Å². The minimum atomic E-state index is -0.183. The summed E-state index contributed by atoms with van der Waals surface area (Å²) in [5.74, 6) is -0.344. The predicted octanol–water partition coefficient (Wildman–Crippen LogP) is 1.87. The highest BCUT2D eigenvalue weighted by Gasteiger charge is 2.21. The van der Waals surface area contributed by atoms with Gasteiger partial charge in [-0.25, -0.2) is 8.78 Å². The Morgan fingerprint density at radius 1 is 0.952 bits per heavy atom. The Labute approximate surface area is 123 Å². The highest BCUT2D eigenvalue weighted by Crippen LogP contribution is 2.18. The average Bonchev–Trinajstić information content (AvgIpc) is 2.49. The van der Waals surface area contributed by atoms with Crippen molar-refractivity contribution in [3.05, 3.63) is 65.7 Å². The third-order valence-corrected chi connectivity index (χ3v) is 4.01. The molecule has 2 aromatic carbocycles. The number of nitrogens with one attached hydrogen (secondary N) is 1. The van der Waals surface area contributed by atoms with Crippen LogP contribution in [0.4, 0.5) is 14.5 Å². The second kappa shape index (κ2) is 6.22. The van der Waals surface area contributed by atoms with Crippen molar-refractivity contribution < 1.29 is 13.7 Å². The van der Waals surface area contributed by atoms with Gasteiger partial charge in [0.25, 0.3) is 0 Å². The van der Waals surface area contributed by atoms with E-state index in [9.17, 15) is 8.78 Å². The number of hydrogen-bond acceptors (Lipinski definition) is 1. The molecule has 0 atom stereocenters. The number of piperazine rings is 1. The van der Waals surface area contributed by atoms with E-state index in [0.29, 0.717) is 5.69 Å². The van der Waals surface area contributed by atoms with E-state index < -0.39 is 0 Å². The molecule has 3 rings (SSSR count). The standard InChI is InChI=1S/C17H18F2N2/c18-15-5-3-4-14(12-15)13-20-8-10-21(11-9-20)17-7-2-1-6-16(17)19/h1-7,12H,8-11,13H2/p+1. The van der Waals surface area contributed by atoms with E-state index in [2.05, 4.69) is 4.90 Å². The largest absolute Gasteiger partial charge is 0.358 e. The summed E-state index contributed by atoms with van der Waals surface area (Å²) < 4.78 is 27.0. The van der Waals surface area contributed by atoms with Gasteiger partial charge in [-0.05, 0) is 24.3 Å². The fraction of sp³-hybridized carbons (Fsp3) is 0.294. The number of benzene rings is 2. The van der Waals surface area contributed by atoms with Crippen LogP contribution >= 0.6 is 0 Å². The van der Waals surface area contributed by atoms with Crippen LogP contribution in [-0.4, -0.2) is 26.2 Å². The molecule has 1 heterocycles. The topological polar surface area (TPSA) is 7.68 Å². The van der Waals surface area contributed by atoms with Crippen LogP contribution in [0.3, 0.4) is 0 Å². The Balaban J connectivity index is 1.59. The smallest absolute Gasteiger partial charge is 0.146 e. The third-order valence-electron chi connectivity index (χ3n) is 4.01. The van der Waals surface area contributed by atoms with Crippen LogP contribution in [0, 0.1) is 11.6 Å². The minimum absolute atomic E-state index is 0.161. The van der Waals surface area contributed by atoms with Crippen molar-refractivity contribution in [2.75, 3.05) is 31.1 Å². The first-order valence-electron chi connectivity index (χ1n) is 7.30. The monoisotopic (exact) mass is 289 g/mol. The van der Waals surface area contributed by atoms with E-state index in [0.717, 1.165) is 38.3 Å². The quantitative estimate of drug-likeness (QED) is 0.906. The van der Waals surface area contributed by atoms with Crippen LogP contribution in [0.1, 0.15) is 5.56 Å². The highest BCUT2D eigenvalue weighted by atomic mass is 19.1. The zero-order valence-corrected chi connectivity index (χ0v) is 11.9. The summed E-state index contributed by atoms with van der Waals surface area (Å²) in [7, 11) is 0. The van der Waals surface area contributed by atoms with Crippen LogP contribution < -0.4 is 9.80 Å². The fourth-order valence-electron chi connectivity index (χ4n) is 2.88. The van der Waals surface area contributed by atoms with Gasteiger partial charge in [-0.2, -0.15) is 0 Å². The van der Waals surface area contributed by atoms with Gasteiger partial charge in [0.2, 0.25) is 0 Å². The van der Waals surface area contributed by atoms with Crippen LogP contribution in [0.2, 0.25) is 0 Å². The van der Waals surface area contributed by atoms with E-state index in [4.69, 9.17) is 0 Å². The summed E-state index contributed by atoms with van der Waals surface area (Å²) in [6.07, 6.45) is 0. The summed E-state index contributed by atoms with van der Waals surface area (Å²) >= 11 is 0. The summed E-state index contributed by atoms with van der Waals surface area (Å²) in [5, 5.41) is 0. The molecule has 110 valence electrons. The molecular formula is C17H19F2N2+. The first-order valence-corrected chi connectivity index (χ1v) is 7.30. The Morgan fingerprint density at radius 2 is 1.71 bits per heavy atom. The van der Waals surface area contributed by atoms with Crippen molar-refractivity contribution in [2.24, 2.45) is 0 Å². The van der Waals surface area contributed by atoms with Crippen LogP contribution in [-0.2, 0) is 6.54 Å². The zero-order valence-electron chi connectivity index (χ0n) is 11.9. The molecule has 0 spiro atoms.